The van der Waals surface area contributed by atoms with Gasteiger partial charge in [0.25, 0.3) is 0 Å². The Kier molecular flexibility index (Phi) is 5.80. The van der Waals surface area contributed by atoms with Gasteiger partial charge in [-0.1, -0.05) is 0 Å². The summed E-state index contributed by atoms with van der Waals surface area (Å²) in [5.41, 5.74) is 5.43. The molecule has 1 aliphatic carbocycles. The normalized spacial score (nSPS) is 24.1. The van der Waals surface area contributed by atoms with Crippen molar-refractivity contribution < 1.29 is 37.0 Å². The zero-order valence-electron chi connectivity index (χ0n) is 17.7. The second-order valence-electron chi connectivity index (χ2n) is 8.16. The maximum Gasteiger partial charge on any atom is 0.428 e. The second kappa shape index (κ2) is 8.32. The molecule has 14 heteroatoms. The SMILES string of the molecule is CC(=O)O[C@H]([C@@H]1C[C@@H](OC(C)=O)[C@H](n2c(=O)n(CC3CC3)c3cnc(N)nc32)O1)C(F)(F)F. The molecule has 4 rings (SSSR count). The minimum Gasteiger partial charge on any atom is -0.458 e. The third-order valence-electron chi connectivity index (χ3n) is 5.48. The van der Waals surface area contributed by atoms with Crippen molar-refractivity contribution in [3.05, 3.63) is 16.7 Å². The number of rotatable bonds is 6. The molecule has 180 valence electrons. The number of ether oxygens (including phenoxy) is 3. The van der Waals surface area contributed by atoms with Gasteiger partial charge in [0.2, 0.25) is 12.1 Å². The molecule has 2 N–H and O–H groups in total. The van der Waals surface area contributed by atoms with Gasteiger partial charge in [-0.3, -0.25) is 14.2 Å². The molecule has 2 fully saturated rings. The number of fused-ring (bicyclic) bond motifs is 1. The van der Waals surface area contributed by atoms with E-state index in [-0.39, 0.29) is 17.5 Å². The van der Waals surface area contributed by atoms with Crippen LogP contribution in [-0.2, 0) is 30.3 Å². The number of carbonyl (C=O) groups is 2. The average molecular weight is 473 g/mol. The highest BCUT2D eigenvalue weighted by molar-refractivity contribution is 5.72. The van der Waals surface area contributed by atoms with Crippen molar-refractivity contribution in [3.63, 3.8) is 0 Å². The number of halogens is 3. The van der Waals surface area contributed by atoms with Crippen molar-refractivity contribution >= 4 is 29.1 Å². The molecule has 0 bridgehead atoms. The Bertz CT molecular complexity index is 1140. The average Bonchev–Trinajstić information content (AvgIpc) is 3.37. The Morgan fingerprint density at radius 2 is 2.00 bits per heavy atom. The summed E-state index contributed by atoms with van der Waals surface area (Å²) in [5, 5.41) is 0. The lowest BCUT2D eigenvalue weighted by molar-refractivity contribution is -0.248. The van der Waals surface area contributed by atoms with Crippen LogP contribution in [0.25, 0.3) is 11.2 Å². The predicted octanol–water partition coefficient (Wildman–Crippen LogP) is 1.30. The summed E-state index contributed by atoms with van der Waals surface area (Å²) in [6.45, 7) is 2.28. The molecule has 3 heterocycles. The summed E-state index contributed by atoms with van der Waals surface area (Å²) < 4.78 is 58.5. The van der Waals surface area contributed by atoms with Gasteiger partial charge in [0.15, 0.2) is 11.9 Å². The first-order valence-electron chi connectivity index (χ1n) is 10.3. The minimum absolute atomic E-state index is 0.0343. The van der Waals surface area contributed by atoms with Gasteiger partial charge in [0.1, 0.15) is 17.7 Å². The predicted molar refractivity (Wildman–Crippen MR) is 105 cm³/mol. The van der Waals surface area contributed by atoms with E-state index in [1.165, 1.54) is 10.8 Å². The Morgan fingerprint density at radius 1 is 1.30 bits per heavy atom. The van der Waals surface area contributed by atoms with Gasteiger partial charge in [-0.25, -0.2) is 14.3 Å². The quantitative estimate of drug-likeness (QED) is 0.615. The topological polar surface area (TPSA) is 141 Å². The molecule has 2 aromatic heterocycles. The smallest absolute Gasteiger partial charge is 0.428 e. The van der Waals surface area contributed by atoms with Crippen molar-refractivity contribution in [2.24, 2.45) is 5.92 Å². The number of imidazole rings is 1. The number of alkyl halides is 3. The third kappa shape index (κ3) is 4.65. The number of hydrogen-bond donors (Lipinski definition) is 1. The fourth-order valence-electron chi connectivity index (χ4n) is 3.98. The van der Waals surface area contributed by atoms with Crippen LogP contribution in [0.4, 0.5) is 19.1 Å². The largest absolute Gasteiger partial charge is 0.458 e. The maximum atomic E-state index is 13.6. The molecule has 0 amide bonds. The summed E-state index contributed by atoms with van der Waals surface area (Å²) >= 11 is 0. The van der Waals surface area contributed by atoms with Crippen LogP contribution in [0.2, 0.25) is 0 Å². The van der Waals surface area contributed by atoms with E-state index in [1.54, 1.807) is 0 Å². The molecule has 1 saturated heterocycles. The fourth-order valence-corrected chi connectivity index (χ4v) is 3.98. The first-order valence-corrected chi connectivity index (χ1v) is 10.3. The molecule has 0 aromatic carbocycles. The van der Waals surface area contributed by atoms with Crippen molar-refractivity contribution in [2.75, 3.05) is 5.73 Å². The van der Waals surface area contributed by atoms with Gasteiger partial charge in [-0.15, -0.1) is 0 Å². The van der Waals surface area contributed by atoms with E-state index in [0.29, 0.717) is 12.1 Å². The van der Waals surface area contributed by atoms with Crippen LogP contribution in [0.3, 0.4) is 0 Å². The summed E-state index contributed by atoms with van der Waals surface area (Å²) in [5.74, 6) is -1.83. The van der Waals surface area contributed by atoms with Gasteiger partial charge in [-0.05, 0) is 18.8 Å². The minimum atomic E-state index is -4.95. The maximum absolute atomic E-state index is 13.6. The van der Waals surface area contributed by atoms with E-state index in [2.05, 4.69) is 14.7 Å². The third-order valence-corrected chi connectivity index (χ3v) is 5.48. The molecule has 0 unspecified atom stereocenters. The molecule has 0 spiro atoms. The Morgan fingerprint density at radius 3 is 2.58 bits per heavy atom. The van der Waals surface area contributed by atoms with Gasteiger partial charge >= 0.3 is 23.8 Å². The van der Waals surface area contributed by atoms with Crippen LogP contribution in [0.5, 0.6) is 0 Å². The van der Waals surface area contributed by atoms with Gasteiger partial charge in [-0.2, -0.15) is 18.2 Å². The van der Waals surface area contributed by atoms with Gasteiger partial charge < -0.3 is 19.9 Å². The van der Waals surface area contributed by atoms with Gasteiger partial charge in [0, 0.05) is 26.8 Å². The number of nitrogens with zero attached hydrogens (tertiary/aromatic N) is 4. The lowest BCUT2D eigenvalue weighted by atomic mass is 10.1. The van der Waals surface area contributed by atoms with Crippen molar-refractivity contribution in [3.8, 4) is 0 Å². The molecule has 2 aromatic rings. The Hall–Kier alpha value is -3.16. The number of anilines is 1. The number of nitrogen functional groups attached to an aromatic ring is 1. The van der Waals surface area contributed by atoms with E-state index in [1.807, 2.05) is 0 Å². The molecule has 0 radical (unpaired) electrons. The Balaban J connectivity index is 1.79. The standard InChI is InChI=1S/C19H22F3N5O6/c1-8(28)31-13-5-12(14(19(20,21)22)32-9(2)29)33-16(13)27-15-11(6-24-17(23)25-15)26(18(27)30)7-10-3-4-10/h6,10,12-14,16H,3-5,7H2,1-2H3,(H2,23,24,25)/t12-,13+,14+,16+/m0/s1. The number of esters is 2. The number of hydrogen-bond acceptors (Lipinski definition) is 9. The zero-order chi connectivity index (χ0) is 24.1. The zero-order valence-corrected chi connectivity index (χ0v) is 17.7. The number of nitrogens with two attached hydrogens (primary N) is 1. The van der Waals surface area contributed by atoms with Crippen molar-refractivity contribution in [2.45, 2.75) is 70.4 Å². The van der Waals surface area contributed by atoms with Crippen LogP contribution in [-0.4, -0.2) is 55.5 Å². The monoisotopic (exact) mass is 473 g/mol. The summed E-state index contributed by atoms with van der Waals surface area (Å²) in [7, 11) is 0. The molecule has 2 aliphatic rings. The Labute approximate surface area is 184 Å². The molecule has 33 heavy (non-hydrogen) atoms. The van der Waals surface area contributed by atoms with Crippen LogP contribution in [0.1, 0.15) is 39.3 Å². The fraction of sp³-hybridized carbons (Fsp3) is 0.632. The van der Waals surface area contributed by atoms with E-state index < -0.39 is 54.8 Å². The molecular weight excluding hydrogens is 451 g/mol. The summed E-state index contributed by atoms with van der Waals surface area (Å²) in [6, 6.07) is 0. The number of carbonyl (C=O) groups excluding carboxylic acids is 2. The van der Waals surface area contributed by atoms with Crippen LogP contribution < -0.4 is 11.4 Å². The first kappa shape index (κ1) is 23.0. The molecule has 4 atom stereocenters. The number of aromatic nitrogens is 4. The van der Waals surface area contributed by atoms with Crippen molar-refractivity contribution in [1.82, 2.24) is 19.1 Å². The van der Waals surface area contributed by atoms with E-state index in [9.17, 15) is 27.6 Å². The van der Waals surface area contributed by atoms with E-state index in [4.69, 9.17) is 15.2 Å². The lowest BCUT2D eigenvalue weighted by Gasteiger charge is -2.25. The molecule has 1 aliphatic heterocycles. The molecular formula is C19H22F3N5O6. The van der Waals surface area contributed by atoms with Crippen LogP contribution in [0, 0.1) is 5.92 Å². The summed E-state index contributed by atoms with van der Waals surface area (Å²) in [6.07, 6.45) is -9.28. The first-order chi connectivity index (χ1) is 15.5. The molecule has 1 saturated carbocycles. The van der Waals surface area contributed by atoms with E-state index in [0.717, 1.165) is 31.3 Å². The highest BCUT2D eigenvalue weighted by Crippen LogP contribution is 2.39. The van der Waals surface area contributed by atoms with Crippen LogP contribution >= 0.6 is 0 Å². The van der Waals surface area contributed by atoms with Crippen LogP contribution in [0.15, 0.2) is 11.0 Å². The van der Waals surface area contributed by atoms with Crippen molar-refractivity contribution in [1.29, 1.82) is 0 Å². The van der Waals surface area contributed by atoms with E-state index >= 15 is 0 Å². The summed E-state index contributed by atoms with van der Waals surface area (Å²) in [4.78, 5) is 44.3. The lowest BCUT2D eigenvalue weighted by Crippen LogP contribution is -2.43. The van der Waals surface area contributed by atoms with Gasteiger partial charge in [0.05, 0.1) is 6.20 Å². The second-order valence-corrected chi connectivity index (χ2v) is 8.16. The highest BCUT2D eigenvalue weighted by atomic mass is 19.4. The molecule has 11 nitrogen and oxygen atoms in total. The highest BCUT2D eigenvalue weighted by Gasteiger charge is 2.54.